The van der Waals surface area contributed by atoms with Crippen LogP contribution in [0.4, 0.5) is 0 Å². The Morgan fingerprint density at radius 2 is 1.80 bits per heavy atom. The molecule has 2 nitrogen and oxygen atoms in total. The molecule has 0 aliphatic heterocycles. The number of hydrogen-bond acceptors (Lipinski definition) is 2. The summed E-state index contributed by atoms with van der Waals surface area (Å²) in [7, 11) is 0. The van der Waals surface area contributed by atoms with E-state index in [2.05, 4.69) is 18.4 Å². The van der Waals surface area contributed by atoms with Gasteiger partial charge in [0, 0.05) is 11.1 Å². The zero-order valence-corrected chi connectivity index (χ0v) is 11.1. The molecule has 2 rings (SSSR count). The molecule has 0 heterocycles. The lowest BCUT2D eigenvalue weighted by Crippen LogP contribution is -2.01. The molecule has 1 N–H and O–H groups in total. The molecule has 1 unspecified atom stereocenters. The lowest BCUT2D eigenvalue weighted by molar-refractivity contribution is 0.230. The van der Waals surface area contributed by atoms with Crippen molar-refractivity contribution in [3.8, 4) is 17.6 Å². The van der Waals surface area contributed by atoms with Gasteiger partial charge in [-0.3, -0.25) is 0 Å². The number of para-hydroxylation sites is 1. The van der Waals surface area contributed by atoms with Gasteiger partial charge in [-0.05, 0) is 18.2 Å². The minimum atomic E-state index is -0.878. The van der Waals surface area contributed by atoms with Crippen molar-refractivity contribution < 1.29 is 9.84 Å². The molecular formula is C18H16O2. The first-order chi connectivity index (χ1) is 9.81. The Morgan fingerprint density at radius 3 is 2.55 bits per heavy atom. The van der Waals surface area contributed by atoms with E-state index in [0.717, 1.165) is 5.56 Å². The third-order valence-corrected chi connectivity index (χ3v) is 2.70. The third kappa shape index (κ3) is 3.74. The molecular weight excluding hydrogens is 248 g/mol. The summed E-state index contributed by atoms with van der Waals surface area (Å²) in [6.45, 7) is 4.01. The van der Waals surface area contributed by atoms with Crippen molar-refractivity contribution in [1.82, 2.24) is 0 Å². The maximum absolute atomic E-state index is 10.2. The highest BCUT2D eigenvalue weighted by atomic mass is 16.5. The predicted molar refractivity (Wildman–Crippen MR) is 80.4 cm³/mol. The zero-order valence-electron chi connectivity index (χ0n) is 11.1. The molecule has 0 aromatic heterocycles. The Morgan fingerprint density at radius 1 is 1.10 bits per heavy atom. The van der Waals surface area contributed by atoms with Crippen LogP contribution in [0.3, 0.4) is 0 Å². The first-order valence-corrected chi connectivity index (χ1v) is 6.38. The zero-order chi connectivity index (χ0) is 14.2. The van der Waals surface area contributed by atoms with Crippen molar-refractivity contribution in [2.75, 3.05) is 6.61 Å². The van der Waals surface area contributed by atoms with E-state index in [1.807, 2.05) is 54.6 Å². The number of benzene rings is 2. The molecule has 100 valence electrons. The smallest absolute Gasteiger partial charge is 0.144 e. The molecule has 20 heavy (non-hydrogen) atoms. The molecule has 0 bridgehead atoms. The van der Waals surface area contributed by atoms with Crippen molar-refractivity contribution in [2.45, 2.75) is 6.10 Å². The number of ether oxygens (including phenoxy) is 1. The molecule has 0 aliphatic rings. The molecule has 0 fully saturated rings. The first-order valence-electron chi connectivity index (χ1n) is 6.38. The number of rotatable bonds is 4. The van der Waals surface area contributed by atoms with Gasteiger partial charge in [-0.2, -0.15) is 0 Å². The summed E-state index contributed by atoms with van der Waals surface area (Å²) in [4.78, 5) is 0. The molecule has 2 heteroatoms. The number of aliphatic hydroxyl groups is 1. The van der Waals surface area contributed by atoms with Crippen LogP contribution >= 0.6 is 0 Å². The summed E-state index contributed by atoms with van der Waals surface area (Å²) in [6.07, 6.45) is 0.787. The second-order valence-corrected chi connectivity index (χ2v) is 4.18. The summed E-state index contributed by atoms with van der Waals surface area (Å²) in [6, 6.07) is 16.9. The van der Waals surface area contributed by atoms with E-state index in [9.17, 15) is 5.11 Å². The van der Waals surface area contributed by atoms with E-state index in [1.165, 1.54) is 0 Å². The summed E-state index contributed by atoms with van der Waals surface area (Å²) in [5.41, 5.74) is 1.54. The van der Waals surface area contributed by atoms with Gasteiger partial charge in [-0.15, -0.1) is 0 Å². The van der Waals surface area contributed by atoms with Crippen LogP contribution in [0.25, 0.3) is 0 Å². The van der Waals surface area contributed by atoms with Crippen LogP contribution < -0.4 is 4.74 Å². The van der Waals surface area contributed by atoms with Crippen LogP contribution in [-0.4, -0.2) is 11.7 Å². The van der Waals surface area contributed by atoms with Crippen molar-refractivity contribution >= 4 is 0 Å². The van der Waals surface area contributed by atoms with Gasteiger partial charge in [0.25, 0.3) is 0 Å². The molecule has 0 saturated heterocycles. The summed E-state index contributed by atoms with van der Waals surface area (Å²) in [5, 5.41) is 10.2. The van der Waals surface area contributed by atoms with Crippen molar-refractivity contribution in [2.24, 2.45) is 0 Å². The van der Waals surface area contributed by atoms with E-state index in [0.29, 0.717) is 17.9 Å². The van der Waals surface area contributed by atoms with E-state index in [4.69, 9.17) is 4.74 Å². The Kier molecular flexibility index (Phi) is 5.00. The van der Waals surface area contributed by atoms with E-state index in [-0.39, 0.29) is 0 Å². The van der Waals surface area contributed by atoms with Gasteiger partial charge in [0.05, 0.1) is 0 Å². The second-order valence-electron chi connectivity index (χ2n) is 4.18. The van der Waals surface area contributed by atoms with Gasteiger partial charge in [0.2, 0.25) is 0 Å². The lowest BCUT2D eigenvalue weighted by atomic mass is 10.1. The van der Waals surface area contributed by atoms with Crippen molar-refractivity contribution in [3.05, 3.63) is 78.4 Å². The topological polar surface area (TPSA) is 29.5 Å². The Hall–Kier alpha value is -2.50. The molecule has 0 aliphatic carbocycles. The van der Waals surface area contributed by atoms with Crippen LogP contribution in [-0.2, 0) is 0 Å². The SMILES string of the molecule is C=CCOc1ccccc1C(O)C#Cc1ccccc1. The van der Waals surface area contributed by atoms with Crippen LogP contribution in [0.15, 0.2) is 67.3 Å². The fourth-order valence-corrected chi connectivity index (χ4v) is 1.74. The van der Waals surface area contributed by atoms with Gasteiger partial charge in [-0.25, -0.2) is 0 Å². The maximum Gasteiger partial charge on any atom is 0.144 e. The van der Waals surface area contributed by atoms with Crippen LogP contribution in [0.5, 0.6) is 5.75 Å². The normalized spacial score (nSPS) is 11.1. The highest BCUT2D eigenvalue weighted by Gasteiger charge is 2.09. The Balaban J connectivity index is 2.19. The summed E-state index contributed by atoms with van der Waals surface area (Å²) in [5.74, 6) is 6.41. The molecule has 2 aromatic rings. The van der Waals surface area contributed by atoms with Gasteiger partial charge < -0.3 is 9.84 Å². The number of hydrogen-bond donors (Lipinski definition) is 1. The standard InChI is InChI=1S/C18H16O2/c1-2-14-20-18-11-7-6-10-16(18)17(19)13-12-15-8-4-3-5-9-15/h2-11,17,19H,1,14H2. The number of aliphatic hydroxyl groups excluding tert-OH is 1. The largest absolute Gasteiger partial charge is 0.489 e. The molecule has 1 atom stereocenters. The summed E-state index contributed by atoms with van der Waals surface area (Å²) >= 11 is 0. The van der Waals surface area contributed by atoms with Gasteiger partial charge in [0.15, 0.2) is 0 Å². The molecule has 0 spiro atoms. The van der Waals surface area contributed by atoms with Gasteiger partial charge in [0.1, 0.15) is 18.5 Å². The minimum Gasteiger partial charge on any atom is -0.489 e. The van der Waals surface area contributed by atoms with Gasteiger partial charge >= 0.3 is 0 Å². The quantitative estimate of drug-likeness (QED) is 0.678. The Bertz CT molecular complexity index is 621. The highest BCUT2D eigenvalue weighted by molar-refractivity contribution is 5.41. The van der Waals surface area contributed by atoms with Crippen LogP contribution in [0, 0.1) is 11.8 Å². The average molecular weight is 264 g/mol. The maximum atomic E-state index is 10.2. The minimum absolute atomic E-state index is 0.399. The third-order valence-electron chi connectivity index (χ3n) is 2.70. The molecule has 0 amide bonds. The van der Waals surface area contributed by atoms with E-state index < -0.39 is 6.10 Å². The van der Waals surface area contributed by atoms with Crippen LogP contribution in [0.1, 0.15) is 17.2 Å². The average Bonchev–Trinajstić information content (AvgIpc) is 2.52. The van der Waals surface area contributed by atoms with Crippen LogP contribution in [0.2, 0.25) is 0 Å². The fourth-order valence-electron chi connectivity index (χ4n) is 1.74. The highest BCUT2D eigenvalue weighted by Crippen LogP contribution is 2.24. The Labute approximate surface area is 119 Å². The van der Waals surface area contributed by atoms with Crippen molar-refractivity contribution in [1.29, 1.82) is 0 Å². The first kappa shape index (κ1) is 13.9. The van der Waals surface area contributed by atoms with Crippen molar-refractivity contribution in [3.63, 3.8) is 0 Å². The fraction of sp³-hybridized carbons (Fsp3) is 0.111. The molecule has 2 aromatic carbocycles. The predicted octanol–water partition coefficient (Wildman–Crippen LogP) is 3.34. The second kappa shape index (κ2) is 7.18. The molecule has 0 saturated carbocycles. The van der Waals surface area contributed by atoms with E-state index in [1.54, 1.807) is 6.08 Å². The lowest BCUT2D eigenvalue weighted by Gasteiger charge is -2.11. The van der Waals surface area contributed by atoms with E-state index >= 15 is 0 Å². The molecule has 0 radical (unpaired) electrons. The monoisotopic (exact) mass is 264 g/mol. The summed E-state index contributed by atoms with van der Waals surface area (Å²) < 4.78 is 5.51. The van der Waals surface area contributed by atoms with Gasteiger partial charge in [-0.1, -0.05) is 60.9 Å².